The Bertz CT molecular complexity index is 1680. The smallest absolute Gasteiger partial charge is 0.303 e. The van der Waals surface area contributed by atoms with Crippen LogP contribution in [0.25, 0.3) is 0 Å². The molecule has 16 nitrogen and oxygen atoms in total. The second-order valence-corrected chi connectivity index (χ2v) is 22.2. The topological polar surface area (TPSA) is 240 Å². The molecule has 3 heterocycles. The van der Waals surface area contributed by atoms with E-state index in [2.05, 4.69) is 34.6 Å². The summed E-state index contributed by atoms with van der Waals surface area (Å²) in [5, 5.41) is 77.8. The molecule has 21 atom stereocenters. The van der Waals surface area contributed by atoms with Crippen molar-refractivity contribution in [3.05, 3.63) is 0 Å². The van der Waals surface area contributed by atoms with Crippen LogP contribution in [0.15, 0.2) is 0 Å². The lowest BCUT2D eigenvalue weighted by molar-refractivity contribution is -0.339. The van der Waals surface area contributed by atoms with Gasteiger partial charge in [0.1, 0.15) is 30.5 Å². The summed E-state index contributed by atoms with van der Waals surface area (Å²) in [5.41, 5.74) is -3.43. The van der Waals surface area contributed by atoms with Crippen LogP contribution < -0.4 is 0 Å². The van der Waals surface area contributed by atoms with Gasteiger partial charge in [-0.15, -0.1) is 0 Å². The van der Waals surface area contributed by atoms with Crippen LogP contribution >= 0.6 is 0 Å². The zero-order valence-corrected chi connectivity index (χ0v) is 37.3. The summed E-state index contributed by atoms with van der Waals surface area (Å²) in [5.74, 6) is -1.60. The fraction of sp³-hybridized carbons (Fsp3) is 0.956. The summed E-state index contributed by atoms with van der Waals surface area (Å²) in [7, 11) is 0. The molecule has 5 saturated carbocycles. The van der Waals surface area contributed by atoms with Crippen LogP contribution in [0.2, 0.25) is 0 Å². The van der Waals surface area contributed by atoms with Crippen LogP contribution in [0.3, 0.4) is 0 Å². The van der Waals surface area contributed by atoms with Gasteiger partial charge in [-0.2, -0.15) is 0 Å². The Labute approximate surface area is 358 Å². The molecule has 8 aliphatic rings. The van der Waals surface area contributed by atoms with Crippen molar-refractivity contribution < 1.29 is 78.5 Å². The third-order valence-electron chi connectivity index (χ3n) is 18.2. The average molecular weight is 869 g/mol. The fourth-order valence-corrected chi connectivity index (χ4v) is 15.5. The Morgan fingerprint density at radius 2 is 1.44 bits per heavy atom. The Morgan fingerprint density at radius 3 is 2.07 bits per heavy atom. The third-order valence-corrected chi connectivity index (χ3v) is 18.2. The van der Waals surface area contributed by atoms with Gasteiger partial charge in [-0.25, -0.2) is 0 Å². The first-order valence-electron chi connectivity index (χ1n) is 22.6. The number of carbonyl (C=O) groups excluding carboxylic acids is 2. The van der Waals surface area contributed by atoms with Crippen LogP contribution in [0, 0.1) is 44.8 Å². The zero-order chi connectivity index (χ0) is 44.6. The first kappa shape index (κ1) is 46.0. The van der Waals surface area contributed by atoms with E-state index >= 15 is 0 Å². The van der Waals surface area contributed by atoms with Gasteiger partial charge in [-0.3, -0.25) is 9.59 Å². The number of carbonyl (C=O) groups is 2. The van der Waals surface area contributed by atoms with E-state index in [1.165, 1.54) is 13.8 Å². The van der Waals surface area contributed by atoms with Gasteiger partial charge in [0.05, 0.1) is 48.8 Å². The van der Waals surface area contributed by atoms with E-state index < -0.39 is 109 Å². The first-order valence-corrected chi connectivity index (χ1v) is 22.6. The van der Waals surface area contributed by atoms with E-state index in [0.717, 1.165) is 32.1 Å². The summed E-state index contributed by atoms with van der Waals surface area (Å²) in [6.45, 7) is 16.2. The van der Waals surface area contributed by atoms with E-state index in [1.807, 2.05) is 0 Å². The molecule has 8 rings (SSSR count). The van der Waals surface area contributed by atoms with Crippen molar-refractivity contribution in [2.45, 2.75) is 211 Å². The van der Waals surface area contributed by atoms with Crippen molar-refractivity contribution in [1.29, 1.82) is 0 Å². The monoisotopic (exact) mass is 868 g/mol. The van der Waals surface area contributed by atoms with Gasteiger partial charge in [0.15, 0.2) is 24.8 Å². The van der Waals surface area contributed by atoms with Crippen LogP contribution in [-0.2, 0) is 42.7 Å². The Balaban J connectivity index is 1.13. The van der Waals surface area contributed by atoms with E-state index in [-0.39, 0.29) is 52.1 Å². The minimum absolute atomic E-state index is 0.0686. The molecule has 3 aliphatic heterocycles. The largest absolute Gasteiger partial charge is 0.456 e. The molecule has 0 aromatic heterocycles. The van der Waals surface area contributed by atoms with Crippen LogP contribution in [0.5, 0.6) is 0 Å². The molecule has 3 saturated heterocycles. The molecule has 0 aromatic carbocycles. The van der Waals surface area contributed by atoms with Gasteiger partial charge in [-0.1, -0.05) is 27.7 Å². The summed E-state index contributed by atoms with van der Waals surface area (Å²) >= 11 is 0. The van der Waals surface area contributed by atoms with Crippen molar-refractivity contribution in [1.82, 2.24) is 0 Å². The standard InChI is InChI=1S/C45H72O16/c1-21(47)56-26-19-55-37(33(53)34(26)57-22(2)48)60-28-11-13-45-20-44(45)15-14-41(7)35(43(9)12-10-29(61-43)40(5,6)54)23(49)17-42(41,8)27(44)16-24(36(45)39(28,3)4)58-38-32(52)31(51)30(50)25(18-46)59-38/h23-38,46,49-54H,10-20H2,1-9H3/t23-,24-,25+,26+,27-,28-,29-,30+,31-,32+,33+,34-,35-,36-,37-,38+,41+,42-,43+,44-,45+/m0/s1. The lowest BCUT2D eigenvalue weighted by atomic mass is 9.41. The van der Waals surface area contributed by atoms with Gasteiger partial charge in [0.25, 0.3) is 0 Å². The van der Waals surface area contributed by atoms with Gasteiger partial charge >= 0.3 is 11.9 Å². The Kier molecular flexibility index (Phi) is 11.5. The second kappa shape index (κ2) is 15.3. The molecule has 348 valence electrons. The predicted octanol–water partition coefficient (Wildman–Crippen LogP) is 1.87. The predicted molar refractivity (Wildman–Crippen MR) is 213 cm³/mol. The van der Waals surface area contributed by atoms with Gasteiger partial charge in [0.2, 0.25) is 0 Å². The van der Waals surface area contributed by atoms with E-state index in [0.29, 0.717) is 25.7 Å². The zero-order valence-electron chi connectivity index (χ0n) is 37.3. The van der Waals surface area contributed by atoms with Gasteiger partial charge in [-0.05, 0) is 117 Å². The molecule has 0 amide bonds. The van der Waals surface area contributed by atoms with Crippen molar-refractivity contribution in [3.8, 4) is 0 Å². The third kappa shape index (κ3) is 6.89. The number of hydrogen-bond donors (Lipinski definition) is 7. The number of rotatable bonds is 9. The Hall–Kier alpha value is -1.54. The molecule has 2 spiro atoms. The van der Waals surface area contributed by atoms with Crippen LogP contribution in [0.4, 0.5) is 0 Å². The minimum Gasteiger partial charge on any atom is -0.456 e. The van der Waals surface area contributed by atoms with Crippen molar-refractivity contribution in [2.24, 2.45) is 44.8 Å². The normalized spacial score (nSPS) is 53.8. The number of esters is 2. The van der Waals surface area contributed by atoms with E-state index in [4.69, 9.17) is 33.2 Å². The van der Waals surface area contributed by atoms with Crippen LogP contribution in [-0.4, -0.2) is 152 Å². The number of aliphatic hydroxyl groups is 7. The maximum Gasteiger partial charge on any atom is 0.303 e. The highest BCUT2D eigenvalue weighted by Gasteiger charge is 2.85. The molecule has 0 unspecified atom stereocenters. The van der Waals surface area contributed by atoms with Crippen molar-refractivity contribution in [2.75, 3.05) is 13.2 Å². The lowest BCUT2D eigenvalue weighted by Crippen LogP contribution is -2.65. The molecular formula is C45H72O16. The number of ether oxygens (including phenoxy) is 7. The number of aliphatic hydroxyl groups excluding tert-OH is 6. The van der Waals surface area contributed by atoms with Crippen molar-refractivity contribution >= 4 is 11.9 Å². The molecular weight excluding hydrogens is 796 g/mol. The average Bonchev–Trinajstić information content (AvgIpc) is 3.52. The molecule has 0 bridgehead atoms. The summed E-state index contributed by atoms with van der Waals surface area (Å²) in [4.78, 5) is 24.0. The molecule has 7 N–H and O–H groups in total. The van der Waals surface area contributed by atoms with Gasteiger partial charge in [0, 0.05) is 19.8 Å². The highest BCUT2D eigenvalue weighted by Crippen LogP contribution is 2.89. The molecule has 0 aromatic rings. The molecule has 0 radical (unpaired) electrons. The summed E-state index contributed by atoms with van der Waals surface area (Å²) in [6, 6.07) is 0. The second-order valence-electron chi connectivity index (χ2n) is 22.2. The first-order chi connectivity index (χ1) is 28.3. The summed E-state index contributed by atoms with van der Waals surface area (Å²) in [6.07, 6.45) is -7.78. The molecule has 16 heteroatoms. The SMILES string of the molecule is CC(=O)O[C@@H]1[C@@H](O)[C@H](O[C@H]2CC[C@]34C[C@]35CC[C@]3(C)[C@@H]([C@@]6(C)CC[C@@H](C(C)(C)O)O6)[C@@H](O)C[C@@]3(C)[C@@H]5C[C@H](O[C@@H]3O[C@H](CO)[C@@H](O)[C@H](O)[C@H]3O)[C@H]4C2(C)C)OC[C@H]1OC(C)=O. The highest BCUT2D eigenvalue weighted by atomic mass is 16.7. The highest BCUT2D eigenvalue weighted by molar-refractivity contribution is 5.67. The van der Waals surface area contributed by atoms with Crippen LogP contribution in [0.1, 0.15) is 120 Å². The Morgan fingerprint density at radius 1 is 0.754 bits per heavy atom. The fourth-order valence-electron chi connectivity index (χ4n) is 15.5. The maximum atomic E-state index is 12.3. The molecule has 8 fully saturated rings. The number of hydrogen-bond acceptors (Lipinski definition) is 16. The molecule has 61 heavy (non-hydrogen) atoms. The van der Waals surface area contributed by atoms with Crippen molar-refractivity contribution in [3.63, 3.8) is 0 Å². The summed E-state index contributed by atoms with van der Waals surface area (Å²) < 4.78 is 43.3. The minimum atomic E-state index is -1.63. The van der Waals surface area contributed by atoms with E-state index in [9.17, 15) is 45.3 Å². The van der Waals surface area contributed by atoms with E-state index in [1.54, 1.807) is 13.8 Å². The molecule has 5 aliphatic carbocycles. The van der Waals surface area contributed by atoms with Gasteiger partial charge < -0.3 is 68.9 Å². The number of fused-ring (bicyclic) bond motifs is 2. The quantitative estimate of drug-likeness (QED) is 0.129. The lowest BCUT2D eigenvalue weighted by Gasteiger charge is -2.65. The maximum absolute atomic E-state index is 12.3.